The lowest BCUT2D eigenvalue weighted by Gasteiger charge is -2.15. The van der Waals surface area contributed by atoms with Crippen LogP contribution in [0.5, 0.6) is 11.5 Å². The number of rotatable bonds is 3. The fourth-order valence-electron chi connectivity index (χ4n) is 2.09. The highest BCUT2D eigenvalue weighted by Gasteiger charge is 2.13. The van der Waals surface area contributed by atoms with E-state index in [4.69, 9.17) is 9.47 Å². The fraction of sp³-hybridized carbons (Fsp3) is 0.353. The molecule has 2 rings (SSSR count). The van der Waals surface area contributed by atoms with Crippen molar-refractivity contribution in [3.63, 3.8) is 0 Å². The Bertz CT molecular complexity index is 639. The molecule has 0 heterocycles. The van der Waals surface area contributed by atoms with Gasteiger partial charge in [0.25, 0.3) is 0 Å². The van der Waals surface area contributed by atoms with Gasteiger partial charge in [0.05, 0.1) is 19.8 Å². The molecule has 0 unspecified atom stereocenters. The van der Waals surface area contributed by atoms with Crippen LogP contribution in [0.1, 0.15) is 26.3 Å². The lowest BCUT2D eigenvalue weighted by atomic mass is 10.0. The molecule has 0 aliphatic carbocycles. The Morgan fingerprint density at radius 2 is 1.65 bits per heavy atom. The van der Waals surface area contributed by atoms with Crippen molar-refractivity contribution < 1.29 is 9.47 Å². The summed E-state index contributed by atoms with van der Waals surface area (Å²) in [7, 11) is 3.36. The van der Waals surface area contributed by atoms with E-state index in [2.05, 4.69) is 25.8 Å². The van der Waals surface area contributed by atoms with Crippen molar-refractivity contribution in [2.45, 2.75) is 26.3 Å². The van der Waals surface area contributed by atoms with Crippen LogP contribution in [0, 0.1) is 0 Å². The van der Waals surface area contributed by atoms with Crippen LogP contribution in [-0.4, -0.2) is 26.0 Å². The van der Waals surface area contributed by atoms with Crippen molar-refractivity contribution in [2.75, 3.05) is 14.2 Å². The molecule has 0 radical (unpaired) electrons. The van der Waals surface area contributed by atoms with Gasteiger partial charge in [-0.15, -0.1) is 0 Å². The maximum Gasteiger partial charge on any atom is 0.135 e. The number of hydrogen-bond donors (Lipinski definition) is 0. The third kappa shape index (κ3) is 2.93. The summed E-state index contributed by atoms with van der Waals surface area (Å²) in [5.74, 6) is 1.66. The second-order valence-corrected chi connectivity index (χ2v) is 5.68. The number of methoxy groups -OCH3 is 2. The summed E-state index contributed by atoms with van der Waals surface area (Å²) in [5, 5.41) is 2.07. The first-order valence-electron chi connectivity index (χ1n) is 6.65. The highest BCUT2D eigenvalue weighted by molar-refractivity contribution is 6.01. The third-order valence-corrected chi connectivity index (χ3v) is 3.00. The van der Waals surface area contributed by atoms with Crippen LogP contribution in [0.4, 0.5) is 0 Å². The van der Waals surface area contributed by atoms with E-state index < -0.39 is 0 Å². The van der Waals surface area contributed by atoms with Gasteiger partial charge in [0, 0.05) is 22.6 Å². The Kier molecular flexibility index (Phi) is 3.98. The average Bonchev–Trinajstić information content (AvgIpc) is 2.42. The van der Waals surface area contributed by atoms with E-state index in [1.165, 1.54) is 0 Å². The first-order chi connectivity index (χ1) is 9.46. The second kappa shape index (κ2) is 5.53. The number of fused-ring (bicyclic) bond motifs is 1. The molecule has 3 nitrogen and oxygen atoms in total. The Hall–Kier alpha value is -2.03. The van der Waals surface area contributed by atoms with E-state index in [0.29, 0.717) is 0 Å². The Labute approximate surface area is 120 Å². The summed E-state index contributed by atoms with van der Waals surface area (Å²) in [6, 6.07) is 10.0. The molecule has 0 amide bonds. The monoisotopic (exact) mass is 271 g/mol. The summed E-state index contributed by atoms with van der Waals surface area (Å²) in [4.78, 5) is 4.56. The maximum atomic E-state index is 5.58. The van der Waals surface area contributed by atoms with Crippen molar-refractivity contribution in [2.24, 2.45) is 4.99 Å². The molecule has 0 aliphatic heterocycles. The molecule has 2 aromatic carbocycles. The van der Waals surface area contributed by atoms with E-state index in [1.807, 2.05) is 36.5 Å². The number of aliphatic imine (C=N–C) groups is 1. The summed E-state index contributed by atoms with van der Waals surface area (Å²) in [6.07, 6.45) is 1.85. The predicted molar refractivity (Wildman–Crippen MR) is 84.4 cm³/mol. The molecular weight excluding hydrogens is 250 g/mol. The summed E-state index contributed by atoms with van der Waals surface area (Å²) < 4.78 is 11.1. The van der Waals surface area contributed by atoms with Gasteiger partial charge in [0.2, 0.25) is 0 Å². The molecule has 20 heavy (non-hydrogen) atoms. The van der Waals surface area contributed by atoms with Crippen LogP contribution >= 0.6 is 0 Å². The van der Waals surface area contributed by atoms with Gasteiger partial charge < -0.3 is 9.47 Å². The molecule has 0 bridgehead atoms. The van der Waals surface area contributed by atoms with Crippen LogP contribution in [0.3, 0.4) is 0 Å². The summed E-state index contributed by atoms with van der Waals surface area (Å²) in [5.41, 5.74) is 0.808. The number of ether oxygens (including phenoxy) is 2. The highest BCUT2D eigenvalue weighted by atomic mass is 16.5. The molecule has 0 N–H and O–H groups in total. The lowest BCUT2D eigenvalue weighted by molar-refractivity contribution is 0.410. The SMILES string of the molecule is COc1cc(C=NC(C)(C)C)c(OC)c2ccccc12. The number of hydrogen-bond acceptors (Lipinski definition) is 3. The van der Waals surface area contributed by atoms with Crippen molar-refractivity contribution >= 4 is 17.0 Å². The van der Waals surface area contributed by atoms with Crippen LogP contribution in [0.15, 0.2) is 35.3 Å². The van der Waals surface area contributed by atoms with Gasteiger partial charge >= 0.3 is 0 Å². The fourth-order valence-corrected chi connectivity index (χ4v) is 2.09. The van der Waals surface area contributed by atoms with Crippen molar-refractivity contribution in [1.82, 2.24) is 0 Å². The quantitative estimate of drug-likeness (QED) is 0.788. The molecule has 3 heteroatoms. The van der Waals surface area contributed by atoms with Gasteiger partial charge in [-0.2, -0.15) is 0 Å². The third-order valence-electron chi connectivity index (χ3n) is 3.00. The molecular formula is C17H21NO2. The standard InChI is InChI=1S/C17H21NO2/c1-17(2,3)18-11-12-10-15(19-4)13-8-6-7-9-14(13)16(12)20-5/h6-11H,1-5H3. The molecule has 0 fully saturated rings. The lowest BCUT2D eigenvalue weighted by Crippen LogP contribution is -2.10. The van der Waals surface area contributed by atoms with Crippen molar-refractivity contribution in [1.29, 1.82) is 0 Å². The topological polar surface area (TPSA) is 30.8 Å². The largest absolute Gasteiger partial charge is 0.496 e. The molecule has 0 saturated heterocycles. The molecule has 0 aliphatic rings. The summed E-state index contributed by atoms with van der Waals surface area (Å²) in [6.45, 7) is 6.19. The minimum Gasteiger partial charge on any atom is -0.496 e. The van der Waals surface area contributed by atoms with Crippen molar-refractivity contribution in [3.05, 3.63) is 35.9 Å². The number of nitrogens with zero attached hydrogens (tertiary/aromatic N) is 1. The van der Waals surface area contributed by atoms with Gasteiger partial charge in [-0.05, 0) is 26.8 Å². The van der Waals surface area contributed by atoms with Gasteiger partial charge in [0.15, 0.2) is 0 Å². The second-order valence-electron chi connectivity index (χ2n) is 5.68. The molecule has 0 aromatic heterocycles. The molecule has 2 aromatic rings. The van der Waals surface area contributed by atoms with Gasteiger partial charge in [0.1, 0.15) is 11.5 Å². The van der Waals surface area contributed by atoms with Crippen LogP contribution < -0.4 is 9.47 Å². The number of benzene rings is 2. The highest BCUT2D eigenvalue weighted by Crippen LogP contribution is 2.35. The first-order valence-corrected chi connectivity index (χ1v) is 6.65. The minimum absolute atomic E-state index is 0.121. The Morgan fingerprint density at radius 3 is 2.20 bits per heavy atom. The normalized spacial score (nSPS) is 12.1. The molecule has 0 saturated carbocycles. The van der Waals surface area contributed by atoms with Crippen LogP contribution in [0.25, 0.3) is 10.8 Å². The van der Waals surface area contributed by atoms with E-state index in [9.17, 15) is 0 Å². The molecule has 106 valence electrons. The zero-order valence-corrected chi connectivity index (χ0v) is 12.7. The minimum atomic E-state index is -0.121. The van der Waals surface area contributed by atoms with Crippen molar-refractivity contribution in [3.8, 4) is 11.5 Å². The van der Waals surface area contributed by atoms with E-state index in [-0.39, 0.29) is 5.54 Å². The van der Waals surface area contributed by atoms with Gasteiger partial charge in [-0.1, -0.05) is 24.3 Å². The van der Waals surface area contributed by atoms with E-state index in [0.717, 1.165) is 27.8 Å². The van der Waals surface area contributed by atoms with E-state index in [1.54, 1.807) is 14.2 Å². The van der Waals surface area contributed by atoms with E-state index >= 15 is 0 Å². The van der Waals surface area contributed by atoms with Gasteiger partial charge in [-0.25, -0.2) is 0 Å². The van der Waals surface area contributed by atoms with Crippen LogP contribution in [-0.2, 0) is 0 Å². The Balaban J connectivity index is 2.68. The predicted octanol–water partition coefficient (Wildman–Crippen LogP) is 4.07. The van der Waals surface area contributed by atoms with Gasteiger partial charge in [-0.3, -0.25) is 4.99 Å². The molecule has 0 atom stereocenters. The maximum absolute atomic E-state index is 5.58. The Morgan fingerprint density at radius 1 is 1.00 bits per heavy atom. The zero-order chi connectivity index (χ0) is 14.8. The molecule has 0 spiro atoms. The average molecular weight is 271 g/mol. The zero-order valence-electron chi connectivity index (χ0n) is 12.7. The summed E-state index contributed by atoms with van der Waals surface area (Å²) >= 11 is 0. The smallest absolute Gasteiger partial charge is 0.135 e. The van der Waals surface area contributed by atoms with Crippen LogP contribution in [0.2, 0.25) is 0 Å². The first kappa shape index (κ1) is 14.4.